The zero-order valence-electron chi connectivity index (χ0n) is 13.5. The Hall–Kier alpha value is -2.82. The van der Waals surface area contributed by atoms with E-state index in [-0.39, 0.29) is 12.0 Å². The summed E-state index contributed by atoms with van der Waals surface area (Å²) in [4.78, 5) is 18.5. The van der Waals surface area contributed by atoms with Gasteiger partial charge in [0.25, 0.3) is 5.91 Å². The van der Waals surface area contributed by atoms with Crippen LogP contribution in [0, 0.1) is 0 Å². The molecule has 24 heavy (non-hydrogen) atoms. The Labute approximate surface area is 141 Å². The quantitative estimate of drug-likeness (QED) is 0.939. The standard InChI is InChI=1S/C19H21N3O2/c1-14(20)15-7-8-18(21-13-15)19(23)22-11-9-17(10-12-22)24-16-5-3-2-4-6-16/h2-8,13,17H,1,9-12,20H2. The Morgan fingerprint density at radius 2 is 1.88 bits per heavy atom. The highest BCUT2D eigenvalue weighted by atomic mass is 16.5. The first kappa shape index (κ1) is 16.1. The fourth-order valence-corrected chi connectivity index (χ4v) is 2.74. The minimum Gasteiger partial charge on any atom is -0.490 e. The first-order valence-corrected chi connectivity index (χ1v) is 8.05. The molecule has 0 atom stereocenters. The van der Waals surface area contributed by atoms with Crippen LogP contribution in [0.5, 0.6) is 5.75 Å². The molecule has 2 heterocycles. The molecular formula is C19H21N3O2. The second-order valence-corrected chi connectivity index (χ2v) is 5.88. The number of hydrogen-bond acceptors (Lipinski definition) is 4. The smallest absolute Gasteiger partial charge is 0.272 e. The molecule has 5 nitrogen and oxygen atoms in total. The zero-order chi connectivity index (χ0) is 16.9. The van der Waals surface area contributed by atoms with Gasteiger partial charge in [0.15, 0.2) is 0 Å². The number of nitrogens with zero attached hydrogens (tertiary/aromatic N) is 2. The van der Waals surface area contributed by atoms with Crippen molar-refractivity contribution >= 4 is 11.6 Å². The summed E-state index contributed by atoms with van der Waals surface area (Å²) in [5.41, 5.74) is 7.23. The van der Waals surface area contributed by atoms with Gasteiger partial charge >= 0.3 is 0 Å². The third kappa shape index (κ3) is 3.74. The Kier molecular flexibility index (Phi) is 4.79. The average Bonchev–Trinajstić information content (AvgIpc) is 2.63. The molecule has 0 bridgehead atoms. The predicted molar refractivity (Wildman–Crippen MR) is 93.5 cm³/mol. The molecule has 1 saturated heterocycles. The van der Waals surface area contributed by atoms with E-state index in [1.54, 1.807) is 18.3 Å². The summed E-state index contributed by atoms with van der Waals surface area (Å²) < 4.78 is 5.95. The summed E-state index contributed by atoms with van der Waals surface area (Å²) in [7, 11) is 0. The highest BCUT2D eigenvalue weighted by Gasteiger charge is 2.25. The van der Waals surface area contributed by atoms with Crippen molar-refractivity contribution in [3.05, 3.63) is 66.5 Å². The van der Waals surface area contributed by atoms with E-state index in [0.29, 0.717) is 24.5 Å². The van der Waals surface area contributed by atoms with E-state index in [1.807, 2.05) is 35.2 Å². The van der Waals surface area contributed by atoms with Gasteiger partial charge in [-0.3, -0.25) is 9.78 Å². The van der Waals surface area contributed by atoms with Crippen LogP contribution in [0.25, 0.3) is 5.70 Å². The third-order valence-electron chi connectivity index (χ3n) is 4.13. The number of amides is 1. The molecule has 124 valence electrons. The molecule has 0 saturated carbocycles. The van der Waals surface area contributed by atoms with E-state index >= 15 is 0 Å². The minimum absolute atomic E-state index is 0.0534. The SMILES string of the molecule is C=C(N)c1ccc(C(=O)N2CCC(Oc3ccccc3)CC2)nc1. The van der Waals surface area contributed by atoms with Crippen LogP contribution in [-0.4, -0.2) is 35.0 Å². The van der Waals surface area contributed by atoms with Gasteiger partial charge in [-0.05, 0) is 24.3 Å². The van der Waals surface area contributed by atoms with Crippen LogP contribution in [0.1, 0.15) is 28.9 Å². The molecule has 1 amide bonds. The summed E-state index contributed by atoms with van der Waals surface area (Å²) in [5, 5.41) is 0. The maximum absolute atomic E-state index is 12.5. The highest BCUT2D eigenvalue weighted by molar-refractivity contribution is 5.92. The van der Waals surface area contributed by atoms with Gasteiger partial charge in [0.05, 0.1) is 0 Å². The molecule has 1 fully saturated rings. The van der Waals surface area contributed by atoms with Crippen molar-refractivity contribution in [2.45, 2.75) is 18.9 Å². The van der Waals surface area contributed by atoms with Crippen LogP contribution in [0.4, 0.5) is 0 Å². The number of nitrogens with two attached hydrogens (primary N) is 1. The fraction of sp³-hybridized carbons (Fsp3) is 0.263. The lowest BCUT2D eigenvalue weighted by Gasteiger charge is -2.32. The average molecular weight is 323 g/mol. The Morgan fingerprint density at radius 3 is 2.46 bits per heavy atom. The van der Waals surface area contributed by atoms with E-state index in [0.717, 1.165) is 24.2 Å². The molecule has 2 aromatic rings. The lowest BCUT2D eigenvalue weighted by atomic mass is 10.1. The number of carbonyl (C=O) groups excluding carboxylic acids is 1. The van der Waals surface area contributed by atoms with Crippen LogP contribution in [0.2, 0.25) is 0 Å². The summed E-state index contributed by atoms with van der Waals surface area (Å²) in [6.45, 7) is 5.00. The van der Waals surface area contributed by atoms with Gasteiger partial charge < -0.3 is 15.4 Å². The number of likely N-dealkylation sites (tertiary alicyclic amines) is 1. The molecular weight excluding hydrogens is 302 g/mol. The number of piperidine rings is 1. The van der Waals surface area contributed by atoms with Gasteiger partial charge in [0, 0.05) is 43.4 Å². The van der Waals surface area contributed by atoms with Crippen molar-refractivity contribution in [2.24, 2.45) is 5.73 Å². The van der Waals surface area contributed by atoms with Crippen molar-refractivity contribution < 1.29 is 9.53 Å². The van der Waals surface area contributed by atoms with Crippen LogP contribution in [-0.2, 0) is 0 Å². The van der Waals surface area contributed by atoms with E-state index in [9.17, 15) is 4.79 Å². The summed E-state index contributed by atoms with van der Waals surface area (Å²) in [5.74, 6) is 0.823. The molecule has 0 aliphatic carbocycles. The van der Waals surface area contributed by atoms with Crippen molar-refractivity contribution in [3.8, 4) is 5.75 Å². The number of rotatable bonds is 4. The number of hydrogen-bond donors (Lipinski definition) is 1. The Bertz CT molecular complexity index is 705. The van der Waals surface area contributed by atoms with Gasteiger partial charge in [-0.15, -0.1) is 0 Å². The van der Waals surface area contributed by atoms with Gasteiger partial charge in [-0.2, -0.15) is 0 Å². The maximum atomic E-state index is 12.5. The van der Waals surface area contributed by atoms with E-state index in [1.165, 1.54) is 0 Å². The maximum Gasteiger partial charge on any atom is 0.272 e. The molecule has 0 spiro atoms. The first-order valence-electron chi connectivity index (χ1n) is 8.05. The van der Waals surface area contributed by atoms with Crippen LogP contribution in [0.3, 0.4) is 0 Å². The lowest BCUT2D eigenvalue weighted by molar-refractivity contribution is 0.0590. The zero-order valence-corrected chi connectivity index (χ0v) is 13.5. The number of pyridine rings is 1. The topological polar surface area (TPSA) is 68.5 Å². The lowest BCUT2D eigenvalue weighted by Crippen LogP contribution is -2.42. The minimum atomic E-state index is -0.0534. The second-order valence-electron chi connectivity index (χ2n) is 5.88. The summed E-state index contributed by atoms with van der Waals surface area (Å²) in [6.07, 6.45) is 3.37. The van der Waals surface area contributed by atoms with Gasteiger partial charge in [0.1, 0.15) is 17.5 Å². The molecule has 1 aromatic heterocycles. The van der Waals surface area contributed by atoms with Crippen LogP contribution >= 0.6 is 0 Å². The number of benzene rings is 1. The van der Waals surface area contributed by atoms with Crippen molar-refractivity contribution in [1.82, 2.24) is 9.88 Å². The highest BCUT2D eigenvalue weighted by Crippen LogP contribution is 2.19. The van der Waals surface area contributed by atoms with Crippen molar-refractivity contribution in [2.75, 3.05) is 13.1 Å². The third-order valence-corrected chi connectivity index (χ3v) is 4.13. The Morgan fingerprint density at radius 1 is 1.17 bits per heavy atom. The molecule has 1 aliphatic heterocycles. The molecule has 0 radical (unpaired) electrons. The van der Waals surface area contributed by atoms with Gasteiger partial charge in [0.2, 0.25) is 0 Å². The number of carbonyl (C=O) groups is 1. The van der Waals surface area contributed by atoms with Gasteiger partial charge in [-0.1, -0.05) is 24.8 Å². The van der Waals surface area contributed by atoms with Crippen LogP contribution < -0.4 is 10.5 Å². The van der Waals surface area contributed by atoms with E-state index in [4.69, 9.17) is 10.5 Å². The van der Waals surface area contributed by atoms with E-state index < -0.39 is 0 Å². The van der Waals surface area contributed by atoms with E-state index in [2.05, 4.69) is 11.6 Å². The molecule has 1 aromatic carbocycles. The monoisotopic (exact) mass is 323 g/mol. The second kappa shape index (κ2) is 7.17. The molecule has 1 aliphatic rings. The molecule has 5 heteroatoms. The normalized spacial score (nSPS) is 15.1. The summed E-state index contributed by atoms with van der Waals surface area (Å²) >= 11 is 0. The first-order chi connectivity index (χ1) is 11.6. The van der Waals surface area contributed by atoms with Crippen LogP contribution in [0.15, 0.2) is 55.2 Å². The number of aromatic nitrogens is 1. The molecule has 3 rings (SSSR count). The summed E-state index contributed by atoms with van der Waals surface area (Å²) in [6, 6.07) is 13.3. The van der Waals surface area contributed by atoms with Crippen molar-refractivity contribution in [3.63, 3.8) is 0 Å². The number of ether oxygens (including phenoxy) is 1. The van der Waals surface area contributed by atoms with Crippen molar-refractivity contribution in [1.29, 1.82) is 0 Å². The van der Waals surface area contributed by atoms with Gasteiger partial charge in [-0.25, -0.2) is 0 Å². The largest absolute Gasteiger partial charge is 0.490 e. The fourth-order valence-electron chi connectivity index (χ4n) is 2.74. The predicted octanol–water partition coefficient (Wildman–Crippen LogP) is 2.69. The molecule has 0 unspecified atom stereocenters. The Balaban J connectivity index is 1.56. The number of para-hydroxylation sites is 1. The molecule has 2 N–H and O–H groups in total.